The summed E-state index contributed by atoms with van der Waals surface area (Å²) in [4.78, 5) is 0. The van der Waals surface area contributed by atoms with E-state index in [4.69, 9.17) is 18.6 Å². The first-order valence-electron chi connectivity index (χ1n) is 12.4. The fraction of sp³-hybridized carbons (Fsp3) is 0.571. The van der Waals surface area contributed by atoms with Crippen molar-refractivity contribution in [3.63, 3.8) is 0 Å². The Labute approximate surface area is 205 Å². The number of ether oxygens (including phenoxy) is 3. The topological polar surface area (TPSA) is 57.2 Å². The van der Waals surface area contributed by atoms with E-state index in [1.165, 1.54) is 10.4 Å². The van der Waals surface area contributed by atoms with Crippen molar-refractivity contribution in [2.24, 2.45) is 0 Å². The molecule has 0 amide bonds. The highest BCUT2D eigenvalue weighted by atomic mass is 28.4. The standard InChI is InChI=1S/C28H40O5Si/c1-26(2,3)34(21-13-9-7-10-14-21,22-15-11-8-12-16-22)31-19-24-23(29)17-18-28(6,32-24)25-20-30-27(4,5)33-25/h7-16,23-25,29H,17-20H2,1-6H3/t23-,24+,25+,28-/m0/s1. The summed E-state index contributed by atoms with van der Waals surface area (Å²) in [7, 11) is -2.71. The van der Waals surface area contributed by atoms with E-state index >= 15 is 0 Å². The second kappa shape index (κ2) is 9.49. The normalized spacial score (nSPS) is 29.8. The Bertz CT molecular complexity index is 903. The highest BCUT2D eigenvalue weighted by Crippen LogP contribution is 2.40. The quantitative estimate of drug-likeness (QED) is 0.628. The van der Waals surface area contributed by atoms with Crippen LogP contribution in [0.4, 0.5) is 0 Å². The van der Waals surface area contributed by atoms with Crippen LogP contribution in [0.1, 0.15) is 54.4 Å². The molecule has 2 aromatic rings. The summed E-state index contributed by atoms with van der Waals surface area (Å²) in [5, 5.41) is 13.2. The lowest BCUT2D eigenvalue weighted by Crippen LogP contribution is -2.67. The highest BCUT2D eigenvalue weighted by Gasteiger charge is 2.53. The van der Waals surface area contributed by atoms with Gasteiger partial charge in [-0.15, -0.1) is 0 Å². The van der Waals surface area contributed by atoms with E-state index in [1.807, 2.05) is 26.0 Å². The zero-order chi connectivity index (χ0) is 24.6. The lowest BCUT2D eigenvalue weighted by molar-refractivity contribution is -0.230. The third kappa shape index (κ3) is 4.90. The van der Waals surface area contributed by atoms with E-state index in [9.17, 15) is 5.11 Å². The fourth-order valence-corrected chi connectivity index (χ4v) is 10.0. The molecule has 0 aromatic heterocycles. The SMILES string of the molecule is CC1(C)OC[C@H]([C@]2(C)CC[C@H](O)[C@@H](CO[Si](c3ccccc3)(c3ccccc3)C(C)(C)C)O2)O1. The molecule has 2 heterocycles. The number of aliphatic hydroxyl groups is 1. The molecule has 6 heteroatoms. The van der Waals surface area contributed by atoms with Crippen LogP contribution in [0.15, 0.2) is 60.7 Å². The third-order valence-corrected chi connectivity index (χ3v) is 12.4. The smallest absolute Gasteiger partial charge is 0.261 e. The van der Waals surface area contributed by atoms with Crippen LogP contribution in [-0.4, -0.2) is 56.3 Å². The van der Waals surface area contributed by atoms with Crippen molar-refractivity contribution in [1.29, 1.82) is 0 Å². The number of benzene rings is 2. The largest absolute Gasteiger partial charge is 0.405 e. The van der Waals surface area contributed by atoms with Gasteiger partial charge in [0.15, 0.2) is 5.79 Å². The molecule has 2 aliphatic rings. The minimum absolute atomic E-state index is 0.134. The van der Waals surface area contributed by atoms with Gasteiger partial charge >= 0.3 is 0 Å². The number of aliphatic hydroxyl groups excluding tert-OH is 1. The van der Waals surface area contributed by atoms with E-state index in [2.05, 4.69) is 76.2 Å². The van der Waals surface area contributed by atoms with Gasteiger partial charge in [-0.2, -0.15) is 0 Å². The molecule has 0 saturated carbocycles. The zero-order valence-electron chi connectivity index (χ0n) is 21.4. The summed E-state index contributed by atoms with van der Waals surface area (Å²) in [6.07, 6.45) is 0.166. The van der Waals surface area contributed by atoms with E-state index in [-0.39, 0.29) is 11.1 Å². The van der Waals surface area contributed by atoms with Gasteiger partial charge in [-0.05, 0) is 49.0 Å². The summed E-state index contributed by atoms with van der Waals surface area (Å²) in [5.74, 6) is -0.617. The van der Waals surface area contributed by atoms with Crippen molar-refractivity contribution in [3.05, 3.63) is 60.7 Å². The van der Waals surface area contributed by atoms with Crippen LogP contribution in [0.5, 0.6) is 0 Å². The average molecular weight is 485 g/mol. The van der Waals surface area contributed by atoms with Gasteiger partial charge in [0.05, 0.1) is 24.9 Å². The Kier molecular flexibility index (Phi) is 7.13. The van der Waals surface area contributed by atoms with Crippen molar-refractivity contribution in [2.75, 3.05) is 13.2 Å². The predicted octanol–water partition coefficient (Wildman–Crippen LogP) is 4.01. The predicted molar refractivity (Wildman–Crippen MR) is 137 cm³/mol. The molecule has 1 N–H and O–H groups in total. The van der Waals surface area contributed by atoms with Gasteiger partial charge < -0.3 is 23.7 Å². The van der Waals surface area contributed by atoms with E-state index in [0.717, 1.165) is 0 Å². The van der Waals surface area contributed by atoms with Crippen molar-refractivity contribution < 1.29 is 23.7 Å². The maximum Gasteiger partial charge on any atom is 0.261 e. The second-order valence-corrected chi connectivity index (χ2v) is 15.7. The number of hydrogen-bond acceptors (Lipinski definition) is 5. The summed E-state index contributed by atoms with van der Waals surface area (Å²) in [5.41, 5.74) is -0.535. The molecule has 186 valence electrons. The monoisotopic (exact) mass is 484 g/mol. The van der Waals surface area contributed by atoms with Crippen LogP contribution in [0.25, 0.3) is 0 Å². The first-order chi connectivity index (χ1) is 16.0. The molecular formula is C28H40O5Si. The van der Waals surface area contributed by atoms with Crippen LogP contribution < -0.4 is 10.4 Å². The lowest BCUT2D eigenvalue weighted by Gasteiger charge is -2.47. The van der Waals surface area contributed by atoms with Crippen molar-refractivity contribution >= 4 is 18.7 Å². The molecule has 2 aromatic carbocycles. The van der Waals surface area contributed by atoms with Crippen molar-refractivity contribution in [1.82, 2.24) is 0 Å². The Morgan fingerprint density at radius 1 is 0.941 bits per heavy atom. The molecule has 5 nitrogen and oxygen atoms in total. The Balaban J connectivity index is 1.64. The van der Waals surface area contributed by atoms with Crippen molar-refractivity contribution in [3.8, 4) is 0 Å². The molecule has 0 radical (unpaired) electrons. The van der Waals surface area contributed by atoms with Crippen LogP contribution in [0.3, 0.4) is 0 Å². The third-order valence-electron chi connectivity index (χ3n) is 7.36. The molecule has 0 bridgehead atoms. The maximum atomic E-state index is 10.9. The van der Waals surface area contributed by atoms with Gasteiger partial charge in [0.25, 0.3) is 8.32 Å². The fourth-order valence-electron chi connectivity index (χ4n) is 5.44. The van der Waals surface area contributed by atoms with E-state index < -0.39 is 31.9 Å². The van der Waals surface area contributed by atoms with Gasteiger partial charge in [0.1, 0.15) is 12.2 Å². The molecule has 0 aliphatic carbocycles. The van der Waals surface area contributed by atoms with Gasteiger partial charge in [-0.25, -0.2) is 0 Å². The summed E-state index contributed by atoms with van der Waals surface area (Å²) >= 11 is 0. The summed E-state index contributed by atoms with van der Waals surface area (Å²) < 4.78 is 25.6. The molecule has 2 fully saturated rings. The first kappa shape index (κ1) is 25.5. The molecule has 2 saturated heterocycles. The number of rotatable bonds is 6. The van der Waals surface area contributed by atoms with Gasteiger partial charge in [-0.3, -0.25) is 0 Å². The Hall–Kier alpha value is -1.54. The molecule has 0 unspecified atom stereocenters. The molecule has 34 heavy (non-hydrogen) atoms. The highest BCUT2D eigenvalue weighted by molar-refractivity contribution is 6.99. The van der Waals surface area contributed by atoms with Crippen LogP contribution in [-0.2, 0) is 18.6 Å². The second-order valence-electron chi connectivity index (χ2n) is 11.4. The van der Waals surface area contributed by atoms with Crippen LogP contribution >= 0.6 is 0 Å². The molecular weight excluding hydrogens is 444 g/mol. The molecule has 0 spiro atoms. The lowest BCUT2D eigenvalue weighted by atomic mass is 9.87. The first-order valence-corrected chi connectivity index (χ1v) is 14.3. The minimum atomic E-state index is -2.71. The van der Waals surface area contributed by atoms with Gasteiger partial charge in [-0.1, -0.05) is 81.4 Å². The molecule has 2 aliphatic heterocycles. The van der Waals surface area contributed by atoms with Gasteiger partial charge in [0, 0.05) is 0 Å². The average Bonchev–Trinajstić information content (AvgIpc) is 3.18. The van der Waals surface area contributed by atoms with Crippen molar-refractivity contribution in [2.45, 2.75) is 89.1 Å². The van der Waals surface area contributed by atoms with E-state index in [1.54, 1.807) is 0 Å². The molecule has 4 atom stereocenters. The Morgan fingerprint density at radius 3 is 1.97 bits per heavy atom. The minimum Gasteiger partial charge on any atom is -0.405 e. The van der Waals surface area contributed by atoms with Gasteiger partial charge in [0.2, 0.25) is 0 Å². The Morgan fingerprint density at radius 2 is 1.50 bits per heavy atom. The summed E-state index contributed by atoms with van der Waals surface area (Å²) in [6, 6.07) is 21.1. The molecule has 4 rings (SSSR count). The van der Waals surface area contributed by atoms with Crippen LogP contribution in [0, 0.1) is 0 Å². The van der Waals surface area contributed by atoms with E-state index in [0.29, 0.717) is 26.1 Å². The summed E-state index contributed by atoms with van der Waals surface area (Å²) in [6.45, 7) is 13.5. The number of hydrogen-bond donors (Lipinski definition) is 1. The zero-order valence-corrected chi connectivity index (χ0v) is 22.4. The van der Waals surface area contributed by atoms with Crippen LogP contribution in [0.2, 0.25) is 5.04 Å². The maximum absolute atomic E-state index is 10.9.